The SMILES string of the molecule is COCCN1C(=O)C(Nc2ccc(N3CCCCC3)cc2)=C(c2ccc(OC)c(OC)c2)C1=O. The first-order valence-electron chi connectivity index (χ1n) is 11.5. The summed E-state index contributed by atoms with van der Waals surface area (Å²) in [4.78, 5) is 30.2. The van der Waals surface area contributed by atoms with E-state index in [0.29, 0.717) is 22.6 Å². The Morgan fingerprint density at radius 1 is 0.853 bits per heavy atom. The highest BCUT2D eigenvalue weighted by Crippen LogP contribution is 2.36. The number of anilines is 2. The summed E-state index contributed by atoms with van der Waals surface area (Å²) in [6.07, 6.45) is 3.68. The van der Waals surface area contributed by atoms with Crippen LogP contribution in [0.4, 0.5) is 11.4 Å². The summed E-state index contributed by atoms with van der Waals surface area (Å²) in [5, 5.41) is 3.21. The van der Waals surface area contributed by atoms with Crippen molar-refractivity contribution in [3.8, 4) is 11.5 Å². The molecule has 0 saturated carbocycles. The first kappa shape index (κ1) is 23.6. The second-order valence-electron chi connectivity index (χ2n) is 8.29. The van der Waals surface area contributed by atoms with Gasteiger partial charge in [-0.3, -0.25) is 14.5 Å². The number of carbonyl (C=O) groups excluding carboxylic acids is 2. The Bertz CT molecular complexity index is 1070. The van der Waals surface area contributed by atoms with Gasteiger partial charge in [-0.2, -0.15) is 0 Å². The lowest BCUT2D eigenvalue weighted by molar-refractivity contribution is -0.137. The van der Waals surface area contributed by atoms with E-state index in [0.717, 1.165) is 24.5 Å². The van der Waals surface area contributed by atoms with Crippen molar-refractivity contribution >= 4 is 28.8 Å². The second kappa shape index (κ2) is 10.6. The lowest BCUT2D eigenvalue weighted by Gasteiger charge is -2.28. The summed E-state index contributed by atoms with van der Waals surface area (Å²) in [5.74, 6) is 0.268. The summed E-state index contributed by atoms with van der Waals surface area (Å²) in [6, 6.07) is 13.2. The molecule has 2 amide bonds. The molecule has 0 unspecified atom stereocenters. The third-order valence-electron chi connectivity index (χ3n) is 6.22. The zero-order valence-corrected chi connectivity index (χ0v) is 19.9. The molecule has 2 heterocycles. The Balaban J connectivity index is 1.67. The maximum absolute atomic E-state index is 13.3. The molecule has 0 spiro atoms. The highest BCUT2D eigenvalue weighted by molar-refractivity contribution is 6.36. The normalized spacial score (nSPS) is 16.3. The molecule has 8 nitrogen and oxygen atoms in total. The van der Waals surface area contributed by atoms with Crippen molar-refractivity contribution in [2.75, 3.05) is 57.8 Å². The Kier molecular flexibility index (Phi) is 7.37. The number of piperidine rings is 1. The summed E-state index contributed by atoms with van der Waals surface area (Å²) in [5.41, 5.74) is 3.00. The lowest BCUT2D eigenvalue weighted by Crippen LogP contribution is -2.35. The van der Waals surface area contributed by atoms with E-state index in [2.05, 4.69) is 10.2 Å². The Morgan fingerprint density at radius 3 is 2.21 bits per heavy atom. The van der Waals surface area contributed by atoms with Crippen LogP contribution in [0.25, 0.3) is 5.57 Å². The van der Waals surface area contributed by atoms with E-state index in [-0.39, 0.29) is 30.7 Å². The highest BCUT2D eigenvalue weighted by atomic mass is 16.5. The number of carbonyl (C=O) groups is 2. The lowest BCUT2D eigenvalue weighted by atomic mass is 10.0. The van der Waals surface area contributed by atoms with Crippen LogP contribution in [0, 0.1) is 0 Å². The third-order valence-corrected chi connectivity index (χ3v) is 6.22. The summed E-state index contributed by atoms with van der Waals surface area (Å²) in [7, 11) is 4.62. The van der Waals surface area contributed by atoms with Gasteiger partial charge in [-0.15, -0.1) is 0 Å². The van der Waals surface area contributed by atoms with Crippen molar-refractivity contribution in [1.29, 1.82) is 0 Å². The molecule has 2 aliphatic heterocycles. The van der Waals surface area contributed by atoms with Crippen LogP contribution in [0.2, 0.25) is 0 Å². The molecule has 1 N–H and O–H groups in total. The molecule has 180 valence electrons. The molecule has 0 atom stereocenters. The quantitative estimate of drug-likeness (QED) is 0.568. The molecule has 1 saturated heterocycles. The van der Waals surface area contributed by atoms with Crippen LogP contribution in [-0.4, -0.2) is 64.3 Å². The Hall–Kier alpha value is -3.52. The first-order chi connectivity index (χ1) is 16.6. The molecule has 2 aliphatic rings. The fourth-order valence-corrected chi connectivity index (χ4v) is 4.39. The number of nitrogens with one attached hydrogen (secondary N) is 1. The second-order valence-corrected chi connectivity index (χ2v) is 8.29. The minimum Gasteiger partial charge on any atom is -0.493 e. The molecule has 2 aromatic carbocycles. The summed E-state index contributed by atoms with van der Waals surface area (Å²) in [6.45, 7) is 2.55. The van der Waals surface area contributed by atoms with E-state index in [1.54, 1.807) is 25.3 Å². The summed E-state index contributed by atoms with van der Waals surface area (Å²) >= 11 is 0. The molecule has 34 heavy (non-hydrogen) atoms. The average Bonchev–Trinajstić information content (AvgIpc) is 3.11. The molecule has 2 aromatic rings. The van der Waals surface area contributed by atoms with Gasteiger partial charge >= 0.3 is 0 Å². The number of methoxy groups -OCH3 is 3. The Labute approximate surface area is 200 Å². The van der Waals surface area contributed by atoms with Crippen molar-refractivity contribution in [2.24, 2.45) is 0 Å². The molecule has 1 fully saturated rings. The maximum atomic E-state index is 13.3. The van der Waals surface area contributed by atoms with Gasteiger partial charge < -0.3 is 24.4 Å². The maximum Gasteiger partial charge on any atom is 0.278 e. The van der Waals surface area contributed by atoms with Gasteiger partial charge in [-0.25, -0.2) is 0 Å². The van der Waals surface area contributed by atoms with Crippen LogP contribution in [0.3, 0.4) is 0 Å². The molecular weight excluding hydrogens is 434 g/mol. The van der Waals surface area contributed by atoms with Gasteiger partial charge in [0.25, 0.3) is 11.8 Å². The number of hydrogen-bond donors (Lipinski definition) is 1. The predicted molar refractivity (Wildman–Crippen MR) is 131 cm³/mol. The average molecular weight is 466 g/mol. The molecule has 0 aromatic heterocycles. The molecule has 4 rings (SSSR count). The largest absolute Gasteiger partial charge is 0.493 e. The highest BCUT2D eigenvalue weighted by Gasteiger charge is 2.39. The number of ether oxygens (including phenoxy) is 3. The van der Waals surface area contributed by atoms with Crippen molar-refractivity contribution in [3.63, 3.8) is 0 Å². The number of amides is 2. The van der Waals surface area contributed by atoms with Gasteiger partial charge in [0, 0.05) is 31.6 Å². The monoisotopic (exact) mass is 465 g/mol. The van der Waals surface area contributed by atoms with Crippen molar-refractivity contribution in [2.45, 2.75) is 19.3 Å². The van der Waals surface area contributed by atoms with E-state index in [1.807, 2.05) is 24.3 Å². The zero-order valence-electron chi connectivity index (χ0n) is 19.9. The summed E-state index contributed by atoms with van der Waals surface area (Å²) < 4.78 is 15.8. The van der Waals surface area contributed by atoms with Crippen molar-refractivity contribution < 1.29 is 23.8 Å². The number of rotatable bonds is 9. The van der Waals surface area contributed by atoms with Gasteiger partial charge in [0.2, 0.25) is 0 Å². The fourth-order valence-electron chi connectivity index (χ4n) is 4.39. The minimum absolute atomic E-state index is 0.171. The first-order valence-corrected chi connectivity index (χ1v) is 11.5. The standard InChI is InChI=1S/C26H31N3O5/c1-32-16-15-29-25(30)23(18-7-12-21(33-2)22(17-18)34-3)24(26(29)31)27-19-8-10-20(11-9-19)28-13-5-4-6-14-28/h7-12,17,27H,4-6,13-16H2,1-3H3. The number of imide groups is 1. The van der Waals surface area contributed by atoms with Crippen LogP contribution >= 0.6 is 0 Å². The zero-order chi connectivity index (χ0) is 24.1. The third kappa shape index (κ3) is 4.72. The smallest absolute Gasteiger partial charge is 0.278 e. The minimum atomic E-state index is -0.382. The molecule has 8 heteroatoms. The number of nitrogens with zero attached hydrogens (tertiary/aromatic N) is 2. The van der Waals surface area contributed by atoms with E-state index >= 15 is 0 Å². The van der Waals surface area contributed by atoms with Crippen LogP contribution < -0.4 is 19.7 Å². The van der Waals surface area contributed by atoms with Gasteiger partial charge in [0.05, 0.1) is 32.9 Å². The molecule has 0 bridgehead atoms. The van der Waals surface area contributed by atoms with E-state index in [4.69, 9.17) is 14.2 Å². The fraction of sp³-hybridized carbons (Fsp3) is 0.385. The molecule has 0 radical (unpaired) electrons. The van der Waals surface area contributed by atoms with Crippen LogP contribution in [-0.2, 0) is 14.3 Å². The Morgan fingerprint density at radius 2 is 1.56 bits per heavy atom. The van der Waals surface area contributed by atoms with Gasteiger partial charge in [-0.05, 0) is 61.2 Å². The number of benzene rings is 2. The van der Waals surface area contributed by atoms with Gasteiger partial charge in [-0.1, -0.05) is 6.07 Å². The van der Waals surface area contributed by atoms with Crippen molar-refractivity contribution in [3.05, 3.63) is 53.7 Å². The topological polar surface area (TPSA) is 80.3 Å². The molecular formula is C26H31N3O5. The van der Waals surface area contributed by atoms with E-state index in [1.165, 1.54) is 38.4 Å². The van der Waals surface area contributed by atoms with Crippen LogP contribution in [0.15, 0.2) is 48.2 Å². The van der Waals surface area contributed by atoms with Gasteiger partial charge in [0.1, 0.15) is 5.70 Å². The van der Waals surface area contributed by atoms with E-state index in [9.17, 15) is 9.59 Å². The van der Waals surface area contributed by atoms with E-state index < -0.39 is 0 Å². The number of hydrogen-bond acceptors (Lipinski definition) is 7. The van der Waals surface area contributed by atoms with Crippen LogP contribution in [0.1, 0.15) is 24.8 Å². The van der Waals surface area contributed by atoms with Gasteiger partial charge in [0.15, 0.2) is 11.5 Å². The molecule has 0 aliphatic carbocycles. The predicted octanol–water partition coefficient (Wildman–Crippen LogP) is 3.53. The van der Waals surface area contributed by atoms with Crippen molar-refractivity contribution in [1.82, 2.24) is 4.90 Å². The van der Waals surface area contributed by atoms with Crippen LogP contribution in [0.5, 0.6) is 11.5 Å².